The van der Waals surface area contributed by atoms with Crippen LogP contribution in [0.15, 0.2) is 91.1 Å². The van der Waals surface area contributed by atoms with Crippen LogP contribution in [0.25, 0.3) is 38.8 Å². The second-order valence-electron chi connectivity index (χ2n) is 7.46. The first-order chi connectivity index (χ1) is 16.6. The fourth-order valence-corrected chi connectivity index (χ4v) is 4.74. The Kier molecular flexibility index (Phi) is 6.25. The fraction of sp³-hybridized carbons (Fsp3) is 0.0741. The van der Waals surface area contributed by atoms with E-state index in [4.69, 9.17) is 26.4 Å². The zero-order valence-electron chi connectivity index (χ0n) is 18.3. The lowest BCUT2D eigenvalue weighted by molar-refractivity contribution is 0.0532. The normalized spacial score (nSPS) is 10.9. The molecule has 7 heteroatoms. The average molecular weight is 486 g/mol. The Morgan fingerprint density at radius 1 is 0.912 bits per heavy atom. The van der Waals surface area contributed by atoms with Crippen LogP contribution in [0.4, 0.5) is 0 Å². The lowest BCUT2D eigenvalue weighted by Gasteiger charge is -2.01. The van der Waals surface area contributed by atoms with Crippen LogP contribution in [0.3, 0.4) is 0 Å². The van der Waals surface area contributed by atoms with Gasteiger partial charge in [0.05, 0.1) is 23.6 Å². The third kappa shape index (κ3) is 4.38. The smallest absolute Gasteiger partial charge is 0.350 e. The SMILES string of the molecule is CCOC(=O)c1sc(-c2cn(-c3ccccc3)nc2-c2ccc(Cl)cc2)nc1-c1ccccc1. The van der Waals surface area contributed by atoms with E-state index in [0.29, 0.717) is 27.2 Å². The van der Waals surface area contributed by atoms with Gasteiger partial charge in [-0.25, -0.2) is 14.5 Å². The highest BCUT2D eigenvalue weighted by atomic mass is 35.5. The highest BCUT2D eigenvalue weighted by Gasteiger charge is 2.24. The molecular formula is C27H20ClN3O2S. The summed E-state index contributed by atoms with van der Waals surface area (Å²) in [7, 11) is 0. The second-order valence-corrected chi connectivity index (χ2v) is 8.90. The van der Waals surface area contributed by atoms with Gasteiger partial charge in [-0.3, -0.25) is 0 Å². The van der Waals surface area contributed by atoms with E-state index in [9.17, 15) is 4.79 Å². The van der Waals surface area contributed by atoms with E-state index in [1.54, 1.807) is 6.92 Å². The third-order valence-electron chi connectivity index (χ3n) is 5.22. The van der Waals surface area contributed by atoms with Gasteiger partial charge < -0.3 is 4.74 Å². The molecule has 5 nitrogen and oxygen atoms in total. The monoisotopic (exact) mass is 485 g/mol. The van der Waals surface area contributed by atoms with Crippen molar-refractivity contribution >= 4 is 28.9 Å². The summed E-state index contributed by atoms with van der Waals surface area (Å²) in [5.41, 5.74) is 4.87. The van der Waals surface area contributed by atoms with E-state index in [-0.39, 0.29) is 5.97 Å². The van der Waals surface area contributed by atoms with Crippen LogP contribution in [0.2, 0.25) is 5.02 Å². The summed E-state index contributed by atoms with van der Waals surface area (Å²) in [6.07, 6.45) is 1.95. The number of rotatable bonds is 6. The van der Waals surface area contributed by atoms with Gasteiger partial charge in [0.15, 0.2) is 0 Å². The molecule has 0 unspecified atom stereocenters. The topological polar surface area (TPSA) is 57.0 Å². The van der Waals surface area contributed by atoms with Crippen LogP contribution in [0.5, 0.6) is 0 Å². The zero-order valence-corrected chi connectivity index (χ0v) is 19.9. The first-order valence-corrected chi connectivity index (χ1v) is 12.0. The van der Waals surface area contributed by atoms with Gasteiger partial charge in [-0.15, -0.1) is 11.3 Å². The number of carbonyl (C=O) groups excluding carboxylic acids is 1. The summed E-state index contributed by atoms with van der Waals surface area (Å²) in [5.74, 6) is -0.381. The molecule has 0 aliphatic rings. The van der Waals surface area contributed by atoms with Gasteiger partial charge in [-0.2, -0.15) is 5.10 Å². The molecule has 0 saturated heterocycles. The molecule has 0 spiro atoms. The maximum absolute atomic E-state index is 12.8. The van der Waals surface area contributed by atoms with Gasteiger partial charge in [0.2, 0.25) is 0 Å². The summed E-state index contributed by atoms with van der Waals surface area (Å²) in [6, 6.07) is 27.1. The number of hydrogen-bond donors (Lipinski definition) is 0. The van der Waals surface area contributed by atoms with Crippen LogP contribution in [-0.2, 0) is 4.74 Å². The van der Waals surface area contributed by atoms with Crippen molar-refractivity contribution in [3.8, 4) is 38.8 Å². The van der Waals surface area contributed by atoms with Crippen molar-refractivity contribution in [1.82, 2.24) is 14.8 Å². The summed E-state index contributed by atoms with van der Waals surface area (Å²) in [5, 5.41) is 6.21. The van der Waals surface area contributed by atoms with Crippen molar-refractivity contribution in [2.75, 3.05) is 6.61 Å². The second kappa shape index (κ2) is 9.63. The first kappa shape index (κ1) is 22.1. The minimum absolute atomic E-state index is 0.294. The minimum atomic E-state index is -0.381. The van der Waals surface area contributed by atoms with E-state index >= 15 is 0 Å². The molecule has 34 heavy (non-hydrogen) atoms. The largest absolute Gasteiger partial charge is 0.462 e. The Hall–Kier alpha value is -3.74. The standard InChI is InChI=1S/C27H20ClN3O2S/c1-2-33-27(32)25-24(18-9-5-3-6-10-18)29-26(34-25)22-17-31(21-11-7-4-8-12-21)30-23(22)19-13-15-20(28)16-14-19/h3-17H,2H2,1H3. The Balaban J connectivity index is 1.70. The maximum Gasteiger partial charge on any atom is 0.350 e. The number of aromatic nitrogens is 3. The van der Waals surface area contributed by atoms with Crippen LogP contribution < -0.4 is 0 Å². The van der Waals surface area contributed by atoms with E-state index in [1.165, 1.54) is 11.3 Å². The minimum Gasteiger partial charge on any atom is -0.462 e. The van der Waals surface area contributed by atoms with Crippen molar-refractivity contribution in [3.63, 3.8) is 0 Å². The zero-order chi connectivity index (χ0) is 23.5. The molecule has 0 bridgehead atoms. The Bertz CT molecular complexity index is 1430. The highest BCUT2D eigenvalue weighted by Crippen LogP contribution is 2.39. The molecule has 0 atom stereocenters. The summed E-state index contributed by atoms with van der Waals surface area (Å²) in [6.45, 7) is 2.09. The molecule has 0 aliphatic carbocycles. The number of halogens is 1. The van der Waals surface area contributed by atoms with Crippen molar-refractivity contribution in [1.29, 1.82) is 0 Å². The molecule has 2 aromatic heterocycles. The Morgan fingerprint density at radius 3 is 2.24 bits per heavy atom. The van der Waals surface area contributed by atoms with Crippen molar-refractivity contribution in [2.45, 2.75) is 6.92 Å². The van der Waals surface area contributed by atoms with Gasteiger partial charge in [-0.1, -0.05) is 72.3 Å². The molecule has 5 aromatic rings. The molecule has 2 heterocycles. The van der Waals surface area contributed by atoms with Gasteiger partial charge in [0.25, 0.3) is 0 Å². The lowest BCUT2D eigenvalue weighted by Crippen LogP contribution is -2.03. The number of hydrogen-bond acceptors (Lipinski definition) is 5. The number of nitrogens with zero attached hydrogens (tertiary/aromatic N) is 3. The van der Waals surface area contributed by atoms with Gasteiger partial charge in [-0.05, 0) is 31.2 Å². The maximum atomic E-state index is 12.8. The van der Waals surface area contributed by atoms with E-state index in [1.807, 2.05) is 95.8 Å². The first-order valence-electron chi connectivity index (χ1n) is 10.8. The number of carbonyl (C=O) groups is 1. The van der Waals surface area contributed by atoms with E-state index in [2.05, 4.69) is 0 Å². The van der Waals surface area contributed by atoms with Crippen molar-refractivity contribution in [3.05, 3.63) is 101 Å². The molecule has 0 N–H and O–H groups in total. The van der Waals surface area contributed by atoms with Gasteiger partial charge >= 0.3 is 5.97 Å². The summed E-state index contributed by atoms with van der Waals surface area (Å²) in [4.78, 5) is 18.2. The molecule has 0 fully saturated rings. The Morgan fingerprint density at radius 2 is 1.56 bits per heavy atom. The number of para-hydroxylation sites is 1. The molecule has 0 radical (unpaired) electrons. The molecule has 5 rings (SSSR count). The Labute approximate surface area is 206 Å². The molecule has 0 aliphatic heterocycles. The lowest BCUT2D eigenvalue weighted by atomic mass is 10.1. The van der Waals surface area contributed by atoms with Gasteiger partial charge in [0, 0.05) is 22.3 Å². The molecule has 168 valence electrons. The highest BCUT2D eigenvalue weighted by molar-refractivity contribution is 7.17. The van der Waals surface area contributed by atoms with Crippen LogP contribution >= 0.6 is 22.9 Å². The molecule has 0 saturated carbocycles. The molecule has 3 aromatic carbocycles. The predicted molar refractivity (Wildman–Crippen MR) is 137 cm³/mol. The third-order valence-corrected chi connectivity index (χ3v) is 6.54. The van der Waals surface area contributed by atoms with E-state index < -0.39 is 0 Å². The number of ether oxygens (including phenoxy) is 1. The van der Waals surface area contributed by atoms with Crippen LogP contribution in [0, 0.1) is 0 Å². The predicted octanol–water partition coefficient (Wildman–Crippen LogP) is 7.16. The van der Waals surface area contributed by atoms with Crippen molar-refractivity contribution in [2.24, 2.45) is 0 Å². The summed E-state index contributed by atoms with van der Waals surface area (Å²) >= 11 is 7.44. The molecular weight excluding hydrogens is 466 g/mol. The van der Waals surface area contributed by atoms with Crippen LogP contribution in [0.1, 0.15) is 16.6 Å². The number of esters is 1. The summed E-state index contributed by atoms with van der Waals surface area (Å²) < 4.78 is 7.16. The van der Waals surface area contributed by atoms with E-state index in [0.717, 1.165) is 28.1 Å². The quantitative estimate of drug-likeness (QED) is 0.239. The fourth-order valence-electron chi connectivity index (χ4n) is 3.63. The van der Waals surface area contributed by atoms with Crippen molar-refractivity contribution < 1.29 is 9.53 Å². The number of thiazole rings is 1. The van der Waals surface area contributed by atoms with Crippen LogP contribution in [-0.4, -0.2) is 27.3 Å². The average Bonchev–Trinajstić information content (AvgIpc) is 3.51. The van der Waals surface area contributed by atoms with Gasteiger partial charge in [0.1, 0.15) is 15.6 Å². The number of benzene rings is 3. The molecule has 0 amide bonds.